The monoisotopic (exact) mass is 421 g/mol. The van der Waals surface area contributed by atoms with Crippen molar-refractivity contribution in [1.82, 2.24) is 10.3 Å². The topological polar surface area (TPSA) is 71.1 Å². The molecular weight excluding hydrogens is 408 g/mol. The molecule has 2 N–H and O–H groups in total. The largest absolute Gasteiger partial charge is 0.347 e. The quantitative estimate of drug-likeness (QED) is 0.611. The van der Waals surface area contributed by atoms with Gasteiger partial charge in [0.2, 0.25) is 0 Å². The van der Waals surface area contributed by atoms with E-state index < -0.39 is 17.6 Å². The molecule has 1 aromatic heterocycles. The lowest BCUT2D eigenvalue weighted by atomic mass is 10.2. The van der Waals surface area contributed by atoms with Crippen LogP contribution in [0.3, 0.4) is 0 Å². The number of nitrogens with zero attached hydrogens (tertiary/aromatic N) is 1. The van der Waals surface area contributed by atoms with Crippen LogP contribution in [0.4, 0.5) is 14.5 Å². The summed E-state index contributed by atoms with van der Waals surface area (Å²) in [6, 6.07) is 9.63. The minimum absolute atomic E-state index is 0.154. The molecule has 2 aromatic carbocycles. The maximum Gasteiger partial charge on any atom is 0.313 e. The van der Waals surface area contributed by atoms with Gasteiger partial charge in [-0.1, -0.05) is 11.6 Å². The number of nitrogens with one attached hydrogen (secondary N) is 2. The van der Waals surface area contributed by atoms with E-state index in [-0.39, 0.29) is 23.1 Å². The van der Waals surface area contributed by atoms with Crippen LogP contribution < -0.4 is 10.6 Å². The van der Waals surface area contributed by atoms with Crippen LogP contribution >= 0.6 is 22.9 Å². The summed E-state index contributed by atoms with van der Waals surface area (Å²) in [7, 11) is 0. The van der Waals surface area contributed by atoms with Gasteiger partial charge in [-0.3, -0.25) is 9.59 Å². The molecule has 0 radical (unpaired) electrons. The average molecular weight is 422 g/mol. The second kappa shape index (κ2) is 8.90. The molecule has 0 bridgehead atoms. The maximum absolute atomic E-state index is 13.1. The zero-order valence-corrected chi connectivity index (χ0v) is 15.9. The first-order chi connectivity index (χ1) is 13.4. The Labute approximate surface area is 168 Å². The molecule has 0 unspecified atom stereocenters. The fourth-order valence-corrected chi connectivity index (χ4v) is 3.33. The summed E-state index contributed by atoms with van der Waals surface area (Å²) in [5.41, 5.74) is 1.77. The van der Waals surface area contributed by atoms with Crippen molar-refractivity contribution in [2.45, 2.75) is 6.42 Å². The number of hydrogen-bond acceptors (Lipinski definition) is 4. The van der Waals surface area contributed by atoms with Gasteiger partial charge < -0.3 is 10.6 Å². The summed E-state index contributed by atoms with van der Waals surface area (Å²) in [4.78, 5) is 28.2. The molecule has 2 amide bonds. The number of amides is 2. The summed E-state index contributed by atoms with van der Waals surface area (Å²) >= 11 is 7.04. The second-order valence-corrected chi connectivity index (χ2v) is 7.01. The van der Waals surface area contributed by atoms with E-state index >= 15 is 0 Å². The van der Waals surface area contributed by atoms with Crippen LogP contribution in [0.5, 0.6) is 0 Å². The molecule has 144 valence electrons. The zero-order valence-electron chi connectivity index (χ0n) is 14.3. The van der Waals surface area contributed by atoms with E-state index in [2.05, 4.69) is 15.6 Å². The molecule has 5 nitrogen and oxygen atoms in total. The van der Waals surface area contributed by atoms with Crippen molar-refractivity contribution in [3.63, 3.8) is 0 Å². The van der Waals surface area contributed by atoms with E-state index in [1.54, 1.807) is 12.1 Å². The van der Waals surface area contributed by atoms with Crippen molar-refractivity contribution < 1.29 is 18.4 Å². The highest BCUT2D eigenvalue weighted by Crippen LogP contribution is 2.24. The van der Waals surface area contributed by atoms with Crippen molar-refractivity contribution in [3.05, 3.63) is 70.2 Å². The van der Waals surface area contributed by atoms with Crippen LogP contribution in [-0.2, 0) is 16.0 Å². The van der Waals surface area contributed by atoms with Gasteiger partial charge in [0, 0.05) is 29.6 Å². The standard InChI is InChI=1S/C19H14ClF2N3O2S/c20-15-9-13(5-6-16(15)22)24-18(27)17(26)23-8-7-14-10-28-19(25-14)11-1-3-12(21)4-2-11/h1-6,9-10H,7-8H2,(H,23,26)(H,24,27). The molecule has 9 heteroatoms. The van der Waals surface area contributed by atoms with Crippen LogP contribution in [0.25, 0.3) is 10.6 Å². The molecule has 0 spiro atoms. The Morgan fingerprint density at radius 1 is 1.07 bits per heavy atom. The van der Waals surface area contributed by atoms with Crippen molar-refractivity contribution in [2.75, 3.05) is 11.9 Å². The zero-order chi connectivity index (χ0) is 20.1. The molecule has 0 aliphatic heterocycles. The van der Waals surface area contributed by atoms with E-state index in [1.165, 1.54) is 35.6 Å². The van der Waals surface area contributed by atoms with Crippen LogP contribution in [0.1, 0.15) is 5.69 Å². The summed E-state index contributed by atoms with van der Waals surface area (Å²) in [5, 5.41) is 7.26. The molecule has 0 atom stereocenters. The van der Waals surface area contributed by atoms with Gasteiger partial charge in [0.15, 0.2) is 0 Å². The third-order valence-corrected chi connectivity index (χ3v) is 4.92. The number of aromatic nitrogens is 1. The van der Waals surface area contributed by atoms with E-state index in [0.717, 1.165) is 22.3 Å². The molecule has 0 saturated heterocycles. The van der Waals surface area contributed by atoms with Crippen molar-refractivity contribution in [2.24, 2.45) is 0 Å². The van der Waals surface area contributed by atoms with Gasteiger partial charge >= 0.3 is 11.8 Å². The normalized spacial score (nSPS) is 10.5. The van der Waals surface area contributed by atoms with Gasteiger partial charge in [-0.25, -0.2) is 13.8 Å². The fourth-order valence-electron chi connectivity index (χ4n) is 2.29. The Morgan fingerprint density at radius 2 is 1.82 bits per heavy atom. The predicted molar refractivity (Wildman–Crippen MR) is 104 cm³/mol. The molecule has 3 rings (SSSR count). The van der Waals surface area contributed by atoms with Gasteiger partial charge in [0.05, 0.1) is 10.7 Å². The summed E-state index contributed by atoms with van der Waals surface area (Å²) in [6.07, 6.45) is 0.430. The highest BCUT2D eigenvalue weighted by atomic mass is 35.5. The number of rotatable bonds is 5. The molecule has 3 aromatic rings. The van der Waals surface area contributed by atoms with Gasteiger partial charge in [-0.2, -0.15) is 0 Å². The van der Waals surface area contributed by atoms with Crippen LogP contribution in [-0.4, -0.2) is 23.3 Å². The number of carbonyl (C=O) groups excluding carboxylic acids is 2. The number of anilines is 1. The predicted octanol–water partition coefficient (Wildman–Crippen LogP) is 4.04. The molecule has 28 heavy (non-hydrogen) atoms. The van der Waals surface area contributed by atoms with Gasteiger partial charge in [-0.05, 0) is 42.5 Å². The molecule has 0 fully saturated rings. The average Bonchev–Trinajstić information content (AvgIpc) is 3.14. The summed E-state index contributed by atoms with van der Waals surface area (Å²) in [6.45, 7) is 0.211. The Balaban J connectivity index is 1.49. The SMILES string of the molecule is O=C(NCCc1csc(-c2ccc(F)cc2)n1)C(=O)Nc1ccc(F)c(Cl)c1. The number of halogens is 3. The van der Waals surface area contributed by atoms with Gasteiger partial charge in [0.1, 0.15) is 16.6 Å². The highest BCUT2D eigenvalue weighted by molar-refractivity contribution is 7.13. The first kappa shape index (κ1) is 19.9. The van der Waals surface area contributed by atoms with Crippen LogP contribution in [0, 0.1) is 11.6 Å². The van der Waals surface area contributed by atoms with Gasteiger partial charge in [0.25, 0.3) is 0 Å². The van der Waals surface area contributed by atoms with E-state index in [1.807, 2.05) is 5.38 Å². The van der Waals surface area contributed by atoms with Crippen molar-refractivity contribution >= 4 is 40.4 Å². The Hall–Kier alpha value is -2.84. The minimum atomic E-state index is -0.882. The first-order valence-electron chi connectivity index (χ1n) is 8.17. The molecule has 1 heterocycles. The second-order valence-electron chi connectivity index (χ2n) is 5.74. The number of benzene rings is 2. The molecule has 0 saturated carbocycles. The lowest BCUT2D eigenvalue weighted by Gasteiger charge is -2.06. The van der Waals surface area contributed by atoms with Crippen molar-refractivity contribution in [3.8, 4) is 10.6 Å². The molecule has 0 aliphatic carbocycles. The molecular formula is C19H14ClF2N3O2S. The summed E-state index contributed by atoms with van der Waals surface area (Å²) in [5.74, 6) is -2.64. The maximum atomic E-state index is 13.1. The highest BCUT2D eigenvalue weighted by Gasteiger charge is 2.14. The lowest BCUT2D eigenvalue weighted by Crippen LogP contribution is -2.36. The van der Waals surface area contributed by atoms with E-state index in [9.17, 15) is 18.4 Å². The Morgan fingerprint density at radius 3 is 2.54 bits per heavy atom. The number of thiazole rings is 1. The number of hydrogen-bond donors (Lipinski definition) is 2. The fraction of sp³-hybridized carbons (Fsp3) is 0.105. The van der Waals surface area contributed by atoms with Crippen molar-refractivity contribution in [1.29, 1.82) is 0 Å². The van der Waals surface area contributed by atoms with Crippen LogP contribution in [0.15, 0.2) is 47.8 Å². The third kappa shape index (κ3) is 5.11. The van der Waals surface area contributed by atoms with Gasteiger partial charge in [-0.15, -0.1) is 11.3 Å². The van der Waals surface area contributed by atoms with Crippen LogP contribution in [0.2, 0.25) is 5.02 Å². The van der Waals surface area contributed by atoms with E-state index in [4.69, 9.17) is 11.6 Å². The Bertz CT molecular complexity index is 1010. The summed E-state index contributed by atoms with van der Waals surface area (Å²) < 4.78 is 26.1. The lowest BCUT2D eigenvalue weighted by molar-refractivity contribution is -0.136. The first-order valence-corrected chi connectivity index (χ1v) is 9.43. The minimum Gasteiger partial charge on any atom is -0.347 e. The third-order valence-electron chi connectivity index (χ3n) is 3.69. The Kier molecular flexibility index (Phi) is 6.33. The molecule has 0 aliphatic rings. The van der Waals surface area contributed by atoms with E-state index in [0.29, 0.717) is 6.42 Å². The smallest absolute Gasteiger partial charge is 0.313 e. The number of carbonyl (C=O) groups is 2.